The molecule has 0 fully saturated rings. The zero-order valence-corrected chi connectivity index (χ0v) is 19.2. The monoisotopic (exact) mass is 468 g/mol. The van der Waals surface area contributed by atoms with Gasteiger partial charge in [-0.1, -0.05) is 35.9 Å². The fraction of sp³-hybridized carbons (Fsp3) is 0.217. The first-order valence-electron chi connectivity index (χ1n) is 9.43. The first-order valence-corrected chi connectivity index (χ1v) is 10.6. The molecule has 0 saturated heterocycles. The first-order chi connectivity index (χ1) is 13.8. The summed E-state index contributed by atoms with van der Waals surface area (Å²) in [7, 11) is 0. The lowest BCUT2D eigenvalue weighted by atomic mass is 10.0. The van der Waals surface area contributed by atoms with Gasteiger partial charge in [0.1, 0.15) is 12.4 Å². The molecule has 0 spiro atoms. The Hall–Kier alpha value is -2.37. The normalized spacial score (nSPS) is 11.2. The van der Waals surface area contributed by atoms with E-state index in [9.17, 15) is 0 Å². The Morgan fingerprint density at radius 1 is 0.897 bits per heavy atom. The minimum absolute atomic E-state index is 0.471. The van der Waals surface area contributed by atoms with Gasteiger partial charge in [-0.25, -0.2) is 9.36 Å². The molecule has 4 rings (SSSR count). The molecule has 0 aliphatic rings. The maximum Gasteiger partial charge on any atom is 0.133 e. The second kappa shape index (κ2) is 7.81. The van der Waals surface area contributed by atoms with Crippen LogP contribution in [0.2, 0.25) is 5.02 Å². The molecule has 0 N–H and O–H groups in total. The lowest BCUT2D eigenvalue weighted by Gasteiger charge is -2.10. The molecule has 0 amide bonds. The zero-order valence-electron chi connectivity index (χ0n) is 16.9. The van der Waals surface area contributed by atoms with Crippen molar-refractivity contribution in [3.05, 3.63) is 80.5 Å². The number of nitrogens with zero attached hydrogens (tertiary/aromatic N) is 4. The number of halogens is 2. The Bertz CT molecular complexity index is 1210. The van der Waals surface area contributed by atoms with Crippen LogP contribution in [0.15, 0.2) is 53.3 Å². The Morgan fingerprint density at radius 2 is 1.52 bits per heavy atom. The van der Waals surface area contributed by atoms with E-state index in [-0.39, 0.29) is 0 Å². The summed E-state index contributed by atoms with van der Waals surface area (Å²) in [6.07, 6.45) is 3.44. The second-order valence-electron chi connectivity index (χ2n) is 7.45. The predicted octanol–water partition coefficient (Wildman–Crippen LogP) is 6.57. The molecule has 4 nitrogen and oxygen atoms in total. The molecule has 148 valence electrons. The highest BCUT2D eigenvalue weighted by Gasteiger charge is 2.20. The van der Waals surface area contributed by atoms with E-state index < -0.39 is 0 Å². The van der Waals surface area contributed by atoms with Crippen LogP contribution in [0.4, 0.5) is 0 Å². The van der Waals surface area contributed by atoms with E-state index >= 15 is 0 Å². The van der Waals surface area contributed by atoms with E-state index in [2.05, 4.69) is 85.1 Å². The number of hydrogen-bond donors (Lipinski definition) is 0. The van der Waals surface area contributed by atoms with Gasteiger partial charge < -0.3 is 0 Å². The molecule has 29 heavy (non-hydrogen) atoms. The van der Waals surface area contributed by atoms with Crippen LogP contribution in [0, 0.1) is 27.7 Å². The average Bonchev–Trinajstić information content (AvgIpc) is 3.23. The molecule has 0 aliphatic carbocycles. The van der Waals surface area contributed by atoms with Crippen molar-refractivity contribution < 1.29 is 0 Å². The van der Waals surface area contributed by atoms with Crippen molar-refractivity contribution in [2.24, 2.45) is 0 Å². The predicted molar refractivity (Wildman–Crippen MR) is 122 cm³/mol. The van der Waals surface area contributed by atoms with Crippen molar-refractivity contribution >= 4 is 27.5 Å². The molecule has 0 unspecified atom stereocenters. The summed E-state index contributed by atoms with van der Waals surface area (Å²) in [5.74, 6) is 0. The molecule has 6 heteroatoms. The number of benzene rings is 2. The Morgan fingerprint density at radius 3 is 2.10 bits per heavy atom. The maximum absolute atomic E-state index is 6.06. The van der Waals surface area contributed by atoms with Gasteiger partial charge in [-0.3, -0.25) is 0 Å². The van der Waals surface area contributed by atoms with Gasteiger partial charge in [-0.05, 0) is 78.0 Å². The third-order valence-electron chi connectivity index (χ3n) is 5.34. The maximum atomic E-state index is 6.06. The highest BCUT2D eigenvalue weighted by molar-refractivity contribution is 9.10. The molecular formula is C23H22BrClN4. The van der Waals surface area contributed by atoms with Crippen LogP contribution in [0.5, 0.6) is 0 Å². The number of hydrogen-bond acceptors (Lipinski definition) is 2. The molecule has 2 heterocycles. The zero-order chi connectivity index (χ0) is 20.7. The molecule has 2 aromatic heterocycles. The SMILES string of the molecule is Cc1ccc(-c2nn(Cn3cc(Cl)cn3)c(-c3ccc(C)c(C)c3)c2Br)cc1C. The van der Waals surface area contributed by atoms with E-state index in [1.54, 1.807) is 17.1 Å². The minimum atomic E-state index is 0.471. The van der Waals surface area contributed by atoms with Crippen molar-refractivity contribution in [1.82, 2.24) is 19.6 Å². The van der Waals surface area contributed by atoms with E-state index in [4.69, 9.17) is 16.7 Å². The van der Waals surface area contributed by atoms with Gasteiger partial charge in [0, 0.05) is 17.3 Å². The summed E-state index contributed by atoms with van der Waals surface area (Å²) >= 11 is 9.91. The third kappa shape index (κ3) is 3.89. The molecule has 4 aromatic rings. The molecule has 0 aliphatic heterocycles. The molecule has 2 aromatic carbocycles. The summed E-state index contributed by atoms with van der Waals surface area (Å²) in [5, 5.41) is 9.88. The van der Waals surface area contributed by atoms with Crippen LogP contribution in [-0.2, 0) is 6.67 Å². The van der Waals surface area contributed by atoms with E-state index in [1.165, 1.54) is 22.3 Å². The van der Waals surface area contributed by atoms with Gasteiger partial charge in [-0.15, -0.1) is 0 Å². The fourth-order valence-electron chi connectivity index (χ4n) is 3.33. The van der Waals surface area contributed by atoms with Gasteiger partial charge in [-0.2, -0.15) is 10.2 Å². The van der Waals surface area contributed by atoms with E-state index in [0.29, 0.717) is 11.7 Å². The van der Waals surface area contributed by atoms with Gasteiger partial charge >= 0.3 is 0 Å². The van der Waals surface area contributed by atoms with E-state index in [1.807, 2.05) is 4.68 Å². The van der Waals surface area contributed by atoms with Crippen molar-refractivity contribution in [3.8, 4) is 22.5 Å². The highest BCUT2D eigenvalue weighted by atomic mass is 79.9. The van der Waals surface area contributed by atoms with Crippen molar-refractivity contribution in [1.29, 1.82) is 0 Å². The standard InChI is InChI=1S/C23H22BrClN4/c1-14-5-7-18(9-16(14)3)22-21(24)23(19-8-6-15(2)17(4)10-19)29(27-22)13-28-12-20(25)11-26-28/h5-12H,13H2,1-4H3. The van der Waals surface area contributed by atoms with Crippen molar-refractivity contribution in [2.75, 3.05) is 0 Å². The van der Waals surface area contributed by atoms with Crippen LogP contribution in [0.25, 0.3) is 22.5 Å². The quantitative estimate of drug-likeness (QED) is 0.339. The van der Waals surface area contributed by atoms with Gasteiger partial charge in [0.05, 0.1) is 21.4 Å². The lowest BCUT2D eigenvalue weighted by molar-refractivity contribution is 0.508. The summed E-state index contributed by atoms with van der Waals surface area (Å²) in [4.78, 5) is 0. The van der Waals surface area contributed by atoms with E-state index in [0.717, 1.165) is 27.0 Å². The average molecular weight is 470 g/mol. The molecular weight excluding hydrogens is 448 g/mol. The van der Waals surface area contributed by atoms with Crippen molar-refractivity contribution in [2.45, 2.75) is 34.4 Å². The number of rotatable bonds is 4. The Labute approximate surface area is 184 Å². The van der Waals surface area contributed by atoms with Crippen LogP contribution >= 0.6 is 27.5 Å². The van der Waals surface area contributed by atoms with Crippen LogP contribution in [0.3, 0.4) is 0 Å². The number of aromatic nitrogens is 4. The topological polar surface area (TPSA) is 35.6 Å². The molecule has 0 saturated carbocycles. The third-order valence-corrected chi connectivity index (χ3v) is 6.28. The Kier molecular flexibility index (Phi) is 5.36. The largest absolute Gasteiger partial charge is 0.250 e. The first kappa shape index (κ1) is 19.9. The second-order valence-corrected chi connectivity index (χ2v) is 8.68. The summed E-state index contributed by atoms with van der Waals surface area (Å²) < 4.78 is 4.74. The number of aryl methyl sites for hydroxylation is 4. The van der Waals surface area contributed by atoms with Crippen LogP contribution in [0.1, 0.15) is 22.3 Å². The summed E-state index contributed by atoms with van der Waals surface area (Å²) in [6, 6.07) is 12.9. The smallest absolute Gasteiger partial charge is 0.133 e. The summed E-state index contributed by atoms with van der Waals surface area (Å²) in [6.45, 7) is 8.97. The Balaban J connectivity index is 1.89. The van der Waals surface area contributed by atoms with Crippen molar-refractivity contribution in [3.63, 3.8) is 0 Å². The minimum Gasteiger partial charge on any atom is -0.250 e. The van der Waals surface area contributed by atoms with Gasteiger partial charge in [0.15, 0.2) is 0 Å². The van der Waals surface area contributed by atoms with Gasteiger partial charge in [0.2, 0.25) is 0 Å². The molecule has 0 bridgehead atoms. The van der Waals surface area contributed by atoms with Gasteiger partial charge in [0.25, 0.3) is 0 Å². The highest BCUT2D eigenvalue weighted by Crippen LogP contribution is 2.37. The molecule has 0 radical (unpaired) electrons. The van der Waals surface area contributed by atoms with Crippen LogP contribution in [-0.4, -0.2) is 19.6 Å². The van der Waals surface area contributed by atoms with Crippen LogP contribution < -0.4 is 0 Å². The fourth-order valence-corrected chi connectivity index (χ4v) is 4.23. The molecule has 0 atom stereocenters. The lowest BCUT2D eigenvalue weighted by Crippen LogP contribution is -2.11. The summed E-state index contributed by atoms with van der Waals surface area (Å²) in [5.41, 5.74) is 9.16.